The Morgan fingerprint density at radius 2 is 1.64 bits per heavy atom. The summed E-state index contributed by atoms with van der Waals surface area (Å²) in [5.41, 5.74) is 10.1. The fourth-order valence-electron chi connectivity index (χ4n) is 4.93. The van der Waals surface area contributed by atoms with Crippen LogP contribution in [0.3, 0.4) is 0 Å². The molecule has 2 aromatic heterocycles. The number of halogens is 4. The third kappa shape index (κ3) is 8.73. The van der Waals surface area contributed by atoms with Crippen molar-refractivity contribution in [1.82, 2.24) is 19.1 Å². The maximum atomic E-state index is 14.0. The van der Waals surface area contributed by atoms with E-state index >= 15 is 0 Å². The topological polar surface area (TPSA) is 123 Å². The molecule has 9 nitrogen and oxygen atoms in total. The number of nitrogens with zero attached hydrogens (tertiary/aromatic N) is 4. The predicted molar refractivity (Wildman–Crippen MR) is 167 cm³/mol. The molecule has 0 aliphatic rings. The summed E-state index contributed by atoms with van der Waals surface area (Å²) < 4.78 is 34.8. The zero-order chi connectivity index (χ0) is 33.5. The van der Waals surface area contributed by atoms with Crippen LogP contribution in [0.1, 0.15) is 65.6 Å². The molecule has 1 unspecified atom stereocenters. The number of fused-ring (bicyclic) bond motifs is 1. The minimum Gasteiger partial charge on any atom is -0.475 e. The Hall–Kier alpha value is -4.16. The Kier molecular flexibility index (Phi) is 11.9. The standard InChI is InChI=1S/C30H36ClN5O2.C2HF3O2/c1-20(2)28(34(17-9-8-16-32)29(37)24-14-12-21(3)13-15-24)26-18-25-27(31)22(4)33-36(25)30(38)35(26)19-23-10-6-5-7-11-23;3-2(4,5)1(6)7/h5-7,10-15,18,20,28H,8-9,16-17,19,32H2,1-4H3;(H,6,7). The SMILES string of the molecule is Cc1ccc(C(=O)N(CCCCN)C(c2cc3c(Cl)c(C)nn3c(=O)n2Cc2ccccc2)C(C)C)cc1.O=C(O)C(F)(F)F. The van der Waals surface area contributed by atoms with Crippen molar-refractivity contribution in [3.63, 3.8) is 0 Å². The Morgan fingerprint density at radius 3 is 2.18 bits per heavy atom. The number of rotatable bonds is 10. The molecule has 242 valence electrons. The number of aromatic nitrogens is 3. The molecule has 0 fully saturated rings. The quantitative estimate of drug-likeness (QED) is 0.203. The number of aliphatic carboxylic acids is 1. The fraction of sp³-hybridized carbons (Fsp3) is 0.375. The minimum atomic E-state index is -5.08. The van der Waals surface area contributed by atoms with Gasteiger partial charge in [0.1, 0.15) is 0 Å². The lowest BCUT2D eigenvalue weighted by Crippen LogP contribution is -2.42. The van der Waals surface area contributed by atoms with Gasteiger partial charge in [0.15, 0.2) is 0 Å². The van der Waals surface area contributed by atoms with Gasteiger partial charge in [0.25, 0.3) is 5.91 Å². The number of benzene rings is 2. The highest BCUT2D eigenvalue weighted by molar-refractivity contribution is 6.34. The summed E-state index contributed by atoms with van der Waals surface area (Å²) in [7, 11) is 0. The molecular weight excluding hydrogens is 611 g/mol. The van der Waals surface area contributed by atoms with Gasteiger partial charge >= 0.3 is 17.8 Å². The highest BCUT2D eigenvalue weighted by atomic mass is 35.5. The summed E-state index contributed by atoms with van der Waals surface area (Å²) in [4.78, 5) is 38.7. The Morgan fingerprint density at radius 1 is 1.04 bits per heavy atom. The third-order valence-corrected chi connectivity index (χ3v) is 7.61. The van der Waals surface area contributed by atoms with E-state index in [0.29, 0.717) is 41.4 Å². The van der Waals surface area contributed by atoms with Gasteiger partial charge in [-0.05, 0) is 62.9 Å². The number of hydrogen-bond donors (Lipinski definition) is 2. The normalized spacial score (nSPS) is 12.1. The van der Waals surface area contributed by atoms with Gasteiger partial charge < -0.3 is 15.7 Å². The molecule has 2 heterocycles. The zero-order valence-electron chi connectivity index (χ0n) is 25.5. The van der Waals surface area contributed by atoms with Gasteiger partial charge in [0, 0.05) is 17.8 Å². The van der Waals surface area contributed by atoms with E-state index in [1.807, 2.05) is 72.5 Å². The van der Waals surface area contributed by atoms with Gasteiger partial charge in [-0.1, -0.05) is 73.5 Å². The zero-order valence-corrected chi connectivity index (χ0v) is 26.3. The van der Waals surface area contributed by atoms with Gasteiger partial charge in [0.05, 0.1) is 28.8 Å². The summed E-state index contributed by atoms with van der Waals surface area (Å²) in [5.74, 6) is -2.82. The lowest BCUT2D eigenvalue weighted by atomic mass is 9.96. The van der Waals surface area contributed by atoms with Crippen LogP contribution in [0.25, 0.3) is 5.52 Å². The first-order chi connectivity index (χ1) is 21.2. The number of alkyl halides is 3. The number of unbranched alkanes of at least 4 members (excludes halogenated alkanes) is 1. The molecule has 0 bridgehead atoms. The van der Waals surface area contributed by atoms with Gasteiger partial charge in [0.2, 0.25) is 0 Å². The van der Waals surface area contributed by atoms with Crippen LogP contribution in [-0.2, 0) is 11.3 Å². The number of nitrogens with two attached hydrogens (primary N) is 1. The van der Waals surface area contributed by atoms with Crippen LogP contribution >= 0.6 is 11.6 Å². The molecule has 3 N–H and O–H groups in total. The molecule has 0 saturated carbocycles. The molecule has 4 rings (SSSR count). The molecule has 1 amide bonds. The second-order valence-corrected chi connectivity index (χ2v) is 11.4. The van der Waals surface area contributed by atoms with Crippen molar-refractivity contribution in [3.8, 4) is 0 Å². The monoisotopic (exact) mass is 647 g/mol. The lowest BCUT2D eigenvalue weighted by Gasteiger charge is -2.36. The first-order valence-corrected chi connectivity index (χ1v) is 14.8. The molecule has 1 atom stereocenters. The summed E-state index contributed by atoms with van der Waals surface area (Å²) in [6.07, 6.45) is -3.53. The van der Waals surface area contributed by atoms with E-state index in [1.54, 1.807) is 11.5 Å². The second kappa shape index (κ2) is 15.2. The maximum Gasteiger partial charge on any atom is 0.490 e. The van der Waals surface area contributed by atoms with Crippen LogP contribution in [-0.4, -0.2) is 55.3 Å². The Balaban J connectivity index is 0.000000707. The fourth-order valence-corrected chi connectivity index (χ4v) is 5.10. The van der Waals surface area contributed by atoms with Gasteiger partial charge in [-0.15, -0.1) is 0 Å². The van der Waals surface area contributed by atoms with E-state index in [4.69, 9.17) is 27.2 Å². The van der Waals surface area contributed by atoms with Crippen LogP contribution < -0.4 is 11.4 Å². The summed E-state index contributed by atoms with van der Waals surface area (Å²) in [6.45, 7) is 9.36. The summed E-state index contributed by atoms with van der Waals surface area (Å²) >= 11 is 6.61. The molecule has 0 saturated heterocycles. The summed E-state index contributed by atoms with van der Waals surface area (Å²) in [6, 6.07) is 19.0. The second-order valence-electron chi connectivity index (χ2n) is 11.0. The summed E-state index contributed by atoms with van der Waals surface area (Å²) in [5, 5.41) is 12.0. The van der Waals surface area contributed by atoms with E-state index in [0.717, 1.165) is 29.7 Å². The van der Waals surface area contributed by atoms with E-state index < -0.39 is 12.1 Å². The van der Waals surface area contributed by atoms with Crippen LogP contribution in [0.5, 0.6) is 0 Å². The van der Waals surface area contributed by atoms with Crippen molar-refractivity contribution in [2.75, 3.05) is 13.1 Å². The molecule has 0 radical (unpaired) electrons. The van der Waals surface area contributed by atoms with Crippen LogP contribution in [0.4, 0.5) is 13.2 Å². The Labute approximate surface area is 264 Å². The van der Waals surface area contributed by atoms with Crippen LogP contribution in [0.2, 0.25) is 5.02 Å². The molecular formula is C32H37ClF3N5O4. The van der Waals surface area contributed by atoms with Gasteiger partial charge in [-0.25, -0.2) is 9.59 Å². The van der Waals surface area contributed by atoms with Crippen molar-refractivity contribution in [3.05, 3.63) is 104 Å². The first kappa shape index (κ1) is 35.3. The minimum absolute atomic E-state index is 0.00828. The molecule has 0 spiro atoms. The third-order valence-electron chi connectivity index (χ3n) is 7.14. The van der Waals surface area contributed by atoms with E-state index in [2.05, 4.69) is 18.9 Å². The lowest BCUT2D eigenvalue weighted by molar-refractivity contribution is -0.192. The maximum absolute atomic E-state index is 14.0. The largest absolute Gasteiger partial charge is 0.490 e. The number of carbonyl (C=O) groups is 2. The van der Waals surface area contributed by atoms with Crippen molar-refractivity contribution in [2.24, 2.45) is 11.7 Å². The van der Waals surface area contributed by atoms with E-state index in [-0.39, 0.29) is 23.6 Å². The van der Waals surface area contributed by atoms with E-state index in [9.17, 15) is 22.8 Å². The highest BCUT2D eigenvalue weighted by Crippen LogP contribution is 2.33. The predicted octanol–water partition coefficient (Wildman–Crippen LogP) is 6.03. The molecule has 0 aliphatic heterocycles. The number of hydrogen-bond acceptors (Lipinski definition) is 5. The van der Waals surface area contributed by atoms with Crippen molar-refractivity contribution >= 4 is 29.0 Å². The molecule has 0 aliphatic carbocycles. The van der Waals surface area contributed by atoms with Gasteiger partial charge in [-0.2, -0.15) is 22.8 Å². The van der Waals surface area contributed by atoms with Crippen molar-refractivity contribution < 1.29 is 27.9 Å². The Bertz CT molecular complexity index is 1670. The molecule has 4 aromatic rings. The number of aryl methyl sites for hydroxylation is 2. The highest BCUT2D eigenvalue weighted by Gasteiger charge is 2.38. The van der Waals surface area contributed by atoms with Crippen LogP contribution in [0, 0.1) is 19.8 Å². The average Bonchev–Trinajstić information content (AvgIpc) is 3.27. The van der Waals surface area contributed by atoms with Crippen molar-refractivity contribution in [2.45, 2.75) is 59.3 Å². The molecule has 13 heteroatoms. The van der Waals surface area contributed by atoms with E-state index in [1.165, 1.54) is 4.52 Å². The average molecular weight is 648 g/mol. The number of carbonyl (C=O) groups excluding carboxylic acids is 1. The number of amides is 1. The molecule has 2 aromatic carbocycles. The smallest absolute Gasteiger partial charge is 0.475 e. The first-order valence-electron chi connectivity index (χ1n) is 14.4. The number of carboxylic acids is 1. The van der Waals surface area contributed by atoms with Crippen LogP contribution in [0.15, 0.2) is 65.5 Å². The number of carboxylic acid groups (broad SMARTS) is 1. The van der Waals surface area contributed by atoms with Crippen molar-refractivity contribution in [1.29, 1.82) is 0 Å². The van der Waals surface area contributed by atoms with Gasteiger partial charge in [-0.3, -0.25) is 9.36 Å². The molecule has 45 heavy (non-hydrogen) atoms.